The highest BCUT2D eigenvalue weighted by Crippen LogP contribution is 2.20. The summed E-state index contributed by atoms with van der Waals surface area (Å²) in [5.41, 5.74) is 1.65. The van der Waals surface area contributed by atoms with Crippen LogP contribution in [0.4, 0.5) is 10.2 Å². The highest BCUT2D eigenvalue weighted by molar-refractivity contribution is 7.09. The number of nitrogens with zero attached hydrogens (tertiary/aromatic N) is 3. The van der Waals surface area contributed by atoms with Crippen LogP contribution in [0.25, 0.3) is 10.9 Å². The van der Waals surface area contributed by atoms with Gasteiger partial charge in [0.15, 0.2) is 0 Å². The number of hydrogen-bond donors (Lipinski definition) is 1. The molecule has 0 aliphatic rings. The minimum Gasteiger partial charge on any atom is -0.369 e. The summed E-state index contributed by atoms with van der Waals surface area (Å²) in [5.74, 6) is 0.434. The number of thiazole rings is 1. The normalized spacial score (nSPS) is 10.9. The van der Waals surface area contributed by atoms with Gasteiger partial charge in [0.25, 0.3) is 0 Å². The van der Waals surface area contributed by atoms with Gasteiger partial charge < -0.3 is 5.32 Å². The maximum atomic E-state index is 13.2. The van der Waals surface area contributed by atoms with Gasteiger partial charge in [-0.1, -0.05) is 0 Å². The van der Waals surface area contributed by atoms with Crippen molar-refractivity contribution in [1.29, 1.82) is 0 Å². The van der Waals surface area contributed by atoms with Gasteiger partial charge in [0.05, 0.1) is 10.5 Å². The number of anilines is 1. The molecule has 0 unspecified atom stereocenters. The molecular formula is C14H13FN4S. The first-order chi connectivity index (χ1) is 9.72. The molecule has 0 saturated carbocycles. The third kappa shape index (κ3) is 2.75. The number of benzene rings is 1. The second-order valence-electron chi connectivity index (χ2n) is 4.44. The molecule has 0 atom stereocenters. The van der Waals surface area contributed by atoms with E-state index in [0.717, 1.165) is 34.9 Å². The Bertz CT molecular complexity index is 741. The molecule has 2 heterocycles. The number of rotatable bonds is 4. The Kier molecular flexibility index (Phi) is 3.56. The number of aryl methyl sites for hydroxylation is 1. The van der Waals surface area contributed by atoms with Gasteiger partial charge in [-0.2, -0.15) is 0 Å². The van der Waals surface area contributed by atoms with E-state index >= 15 is 0 Å². The van der Waals surface area contributed by atoms with Crippen molar-refractivity contribution in [3.63, 3.8) is 0 Å². The molecule has 0 amide bonds. The monoisotopic (exact) mass is 288 g/mol. The summed E-state index contributed by atoms with van der Waals surface area (Å²) in [7, 11) is 0. The summed E-state index contributed by atoms with van der Waals surface area (Å²) < 4.78 is 13.2. The molecule has 3 aromatic rings. The molecule has 20 heavy (non-hydrogen) atoms. The zero-order valence-corrected chi connectivity index (χ0v) is 11.7. The average molecular weight is 288 g/mol. The van der Waals surface area contributed by atoms with Crippen LogP contribution in [0, 0.1) is 12.7 Å². The Morgan fingerprint density at radius 2 is 2.20 bits per heavy atom. The number of hydrogen-bond acceptors (Lipinski definition) is 5. The van der Waals surface area contributed by atoms with Crippen LogP contribution in [0.2, 0.25) is 0 Å². The average Bonchev–Trinajstić information content (AvgIpc) is 2.84. The van der Waals surface area contributed by atoms with Crippen LogP contribution in [-0.2, 0) is 6.42 Å². The lowest BCUT2D eigenvalue weighted by molar-refractivity contribution is 0.629. The first-order valence-electron chi connectivity index (χ1n) is 6.27. The molecule has 0 aliphatic heterocycles. The predicted molar refractivity (Wildman–Crippen MR) is 78.5 cm³/mol. The van der Waals surface area contributed by atoms with Gasteiger partial charge in [-0.15, -0.1) is 11.3 Å². The van der Waals surface area contributed by atoms with Crippen molar-refractivity contribution in [2.24, 2.45) is 0 Å². The molecule has 0 bridgehead atoms. The van der Waals surface area contributed by atoms with E-state index in [1.54, 1.807) is 17.4 Å². The van der Waals surface area contributed by atoms with Crippen LogP contribution in [0.1, 0.15) is 10.7 Å². The van der Waals surface area contributed by atoms with E-state index in [1.807, 2.05) is 12.3 Å². The molecule has 6 heteroatoms. The summed E-state index contributed by atoms with van der Waals surface area (Å²) in [6.45, 7) is 2.72. The van der Waals surface area contributed by atoms with Gasteiger partial charge in [-0.05, 0) is 19.1 Å². The van der Waals surface area contributed by atoms with E-state index in [2.05, 4.69) is 20.3 Å². The lowest BCUT2D eigenvalue weighted by atomic mass is 10.2. The summed E-state index contributed by atoms with van der Waals surface area (Å²) in [6.07, 6.45) is 2.28. The van der Waals surface area contributed by atoms with Crippen LogP contribution in [0.15, 0.2) is 29.9 Å². The van der Waals surface area contributed by atoms with Crippen LogP contribution in [0.3, 0.4) is 0 Å². The van der Waals surface area contributed by atoms with Crippen LogP contribution < -0.4 is 5.32 Å². The molecule has 0 saturated heterocycles. The Labute approximate surface area is 119 Å². The SMILES string of the molecule is Cc1csc(CCNc2ncnc3cc(F)ccc23)n1. The fourth-order valence-electron chi connectivity index (χ4n) is 1.98. The lowest BCUT2D eigenvalue weighted by Gasteiger charge is -2.07. The predicted octanol–water partition coefficient (Wildman–Crippen LogP) is 3.19. The quantitative estimate of drug-likeness (QED) is 0.801. The van der Waals surface area contributed by atoms with Crippen molar-refractivity contribution >= 4 is 28.1 Å². The maximum absolute atomic E-state index is 13.2. The zero-order chi connectivity index (χ0) is 13.9. The summed E-state index contributed by atoms with van der Waals surface area (Å²) in [4.78, 5) is 12.7. The molecule has 4 nitrogen and oxygen atoms in total. The highest BCUT2D eigenvalue weighted by atomic mass is 32.1. The molecule has 0 spiro atoms. The minimum atomic E-state index is -0.291. The molecule has 0 aliphatic carbocycles. The summed E-state index contributed by atoms with van der Waals surface area (Å²) in [6, 6.07) is 4.52. The lowest BCUT2D eigenvalue weighted by Crippen LogP contribution is -2.07. The molecule has 0 radical (unpaired) electrons. The summed E-state index contributed by atoms with van der Waals surface area (Å²) >= 11 is 1.66. The van der Waals surface area contributed by atoms with Crippen LogP contribution >= 0.6 is 11.3 Å². The number of fused-ring (bicyclic) bond motifs is 1. The van der Waals surface area contributed by atoms with Crippen molar-refractivity contribution in [3.05, 3.63) is 46.4 Å². The van der Waals surface area contributed by atoms with Gasteiger partial charge in [0.2, 0.25) is 0 Å². The molecular weight excluding hydrogens is 275 g/mol. The van der Waals surface area contributed by atoms with E-state index in [0.29, 0.717) is 5.52 Å². The Balaban J connectivity index is 1.74. The Morgan fingerprint density at radius 1 is 1.30 bits per heavy atom. The maximum Gasteiger partial charge on any atom is 0.137 e. The van der Waals surface area contributed by atoms with Gasteiger partial charge >= 0.3 is 0 Å². The largest absolute Gasteiger partial charge is 0.369 e. The number of aromatic nitrogens is 3. The van der Waals surface area contributed by atoms with Gasteiger partial charge in [0, 0.05) is 35.5 Å². The van der Waals surface area contributed by atoms with Gasteiger partial charge in [-0.3, -0.25) is 0 Å². The zero-order valence-electron chi connectivity index (χ0n) is 10.9. The van der Waals surface area contributed by atoms with Crippen molar-refractivity contribution < 1.29 is 4.39 Å². The van der Waals surface area contributed by atoms with E-state index in [-0.39, 0.29) is 5.82 Å². The second kappa shape index (κ2) is 5.50. The van der Waals surface area contributed by atoms with Crippen LogP contribution in [-0.4, -0.2) is 21.5 Å². The van der Waals surface area contributed by atoms with Crippen molar-refractivity contribution in [2.75, 3.05) is 11.9 Å². The smallest absolute Gasteiger partial charge is 0.137 e. The minimum absolute atomic E-state index is 0.291. The molecule has 2 aromatic heterocycles. The molecule has 1 aromatic carbocycles. The van der Waals surface area contributed by atoms with Crippen molar-refractivity contribution in [2.45, 2.75) is 13.3 Å². The molecule has 3 rings (SSSR count). The first-order valence-corrected chi connectivity index (χ1v) is 7.15. The molecule has 102 valence electrons. The van der Waals surface area contributed by atoms with Crippen molar-refractivity contribution in [1.82, 2.24) is 15.0 Å². The fraction of sp³-hybridized carbons (Fsp3) is 0.214. The Morgan fingerprint density at radius 3 is 3.00 bits per heavy atom. The van der Waals surface area contributed by atoms with E-state index in [9.17, 15) is 4.39 Å². The second-order valence-corrected chi connectivity index (χ2v) is 5.39. The van der Waals surface area contributed by atoms with E-state index < -0.39 is 0 Å². The standard InChI is InChI=1S/C14H13FN4S/c1-9-7-20-13(19-9)4-5-16-14-11-3-2-10(15)6-12(11)17-8-18-14/h2-3,6-8H,4-5H2,1H3,(H,16,17,18). The van der Waals surface area contributed by atoms with Crippen LogP contribution in [0.5, 0.6) is 0 Å². The molecule has 1 N–H and O–H groups in total. The number of halogens is 1. The summed E-state index contributed by atoms with van der Waals surface area (Å²) in [5, 5.41) is 7.22. The Hall–Kier alpha value is -2.08. The first kappa shape index (κ1) is 12.9. The van der Waals surface area contributed by atoms with Gasteiger partial charge in [-0.25, -0.2) is 19.3 Å². The highest BCUT2D eigenvalue weighted by Gasteiger charge is 2.05. The van der Waals surface area contributed by atoms with Gasteiger partial charge in [0.1, 0.15) is 18.0 Å². The third-order valence-corrected chi connectivity index (χ3v) is 3.92. The molecule has 0 fully saturated rings. The van der Waals surface area contributed by atoms with E-state index in [1.165, 1.54) is 18.5 Å². The topological polar surface area (TPSA) is 50.7 Å². The fourth-order valence-corrected chi connectivity index (χ4v) is 2.75. The number of nitrogens with one attached hydrogen (secondary N) is 1. The van der Waals surface area contributed by atoms with Crippen molar-refractivity contribution in [3.8, 4) is 0 Å². The third-order valence-electron chi connectivity index (χ3n) is 2.90. The van der Waals surface area contributed by atoms with E-state index in [4.69, 9.17) is 0 Å².